The Morgan fingerprint density at radius 3 is 2.39 bits per heavy atom. The fraction of sp³-hybridized carbons (Fsp3) is 0.350. The lowest BCUT2D eigenvalue weighted by atomic mass is 9.97. The molecule has 0 saturated carbocycles. The van der Waals surface area contributed by atoms with Gasteiger partial charge in [-0.1, -0.05) is 23.7 Å². The van der Waals surface area contributed by atoms with Crippen LogP contribution in [0.4, 0.5) is 5.69 Å². The lowest BCUT2D eigenvalue weighted by Gasteiger charge is -2.30. The van der Waals surface area contributed by atoms with Crippen molar-refractivity contribution in [2.24, 2.45) is 5.92 Å². The summed E-state index contributed by atoms with van der Waals surface area (Å²) in [6, 6.07) is 13.5. The van der Waals surface area contributed by atoms with Crippen LogP contribution in [0.15, 0.2) is 53.4 Å². The lowest BCUT2D eigenvalue weighted by molar-refractivity contribution is -0.120. The van der Waals surface area contributed by atoms with Crippen LogP contribution in [0.3, 0.4) is 0 Å². The van der Waals surface area contributed by atoms with Gasteiger partial charge in [-0.2, -0.15) is 4.31 Å². The van der Waals surface area contributed by atoms with Crippen molar-refractivity contribution in [1.82, 2.24) is 4.31 Å². The van der Waals surface area contributed by atoms with E-state index in [9.17, 15) is 13.2 Å². The Morgan fingerprint density at radius 1 is 1.14 bits per heavy atom. The highest BCUT2D eigenvalue weighted by Crippen LogP contribution is 2.27. The molecule has 1 aliphatic heterocycles. The summed E-state index contributed by atoms with van der Waals surface area (Å²) < 4.78 is 32.5. The zero-order chi connectivity index (χ0) is 20.1. The van der Waals surface area contributed by atoms with E-state index in [1.807, 2.05) is 6.92 Å². The topological polar surface area (TPSA) is 75.7 Å². The second kappa shape index (κ2) is 8.94. The van der Waals surface area contributed by atoms with Crippen molar-refractivity contribution < 1.29 is 17.9 Å². The minimum atomic E-state index is -3.58. The molecule has 0 radical (unpaired) electrons. The van der Waals surface area contributed by atoms with Crippen LogP contribution >= 0.6 is 11.6 Å². The number of hydrogen-bond acceptors (Lipinski definition) is 4. The molecular weight excluding hydrogens is 400 g/mol. The van der Waals surface area contributed by atoms with Gasteiger partial charge in [0, 0.05) is 19.0 Å². The number of sulfonamides is 1. The van der Waals surface area contributed by atoms with E-state index in [4.69, 9.17) is 16.3 Å². The summed E-state index contributed by atoms with van der Waals surface area (Å²) >= 11 is 6.08. The van der Waals surface area contributed by atoms with Crippen LogP contribution in [-0.4, -0.2) is 38.3 Å². The zero-order valence-electron chi connectivity index (χ0n) is 15.6. The first-order chi connectivity index (χ1) is 13.4. The Labute approximate surface area is 170 Å². The van der Waals surface area contributed by atoms with Gasteiger partial charge in [-0.15, -0.1) is 0 Å². The Kier molecular flexibility index (Phi) is 6.59. The maximum Gasteiger partial charge on any atom is 0.243 e. The van der Waals surface area contributed by atoms with Crippen LogP contribution in [0.5, 0.6) is 5.75 Å². The normalized spacial score (nSPS) is 15.9. The molecule has 0 aromatic heterocycles. The van der Waals surface area contributed by atoms with Gasteiger partial charge in [0.1, 0.15) is 5.75 Å². The molecule has 3 rings (SSSR count). The number of halogens is 1. The summed E-state index contributed by atoms with van der Waals surface area (Å²) in [4.78, 5) is 12.7. The van der Waals surface area contributed by atoms with Crippen LogP contribution in [0.1, 0.15) is 19.8 Å². The van der Waals surface area contributed by atoms with Crippen LogP contribution in [0.25, 0.3) is 0 Å². The fourth-order valence-corrected chi connectivity index (χ4v) is 4.83. The molecule has 1 amide bonds. The number of nitrogens with one attached hydrogen (secondary N) is 1. The molecule has 0 spiro atoms. The average molecular weight is 423 g/mol. The number of carbonyl (C=O) groups is 1. The lowest BCUT2D eigenvalue weighted by Crippen LogP contribution is -2.41. The van der Waals surface area contributed by atoms with Crippen molar-refractivity contribution in [2.45, 2.75) is 24.7 Å². The second-order valence-corrected chi connectivity index (χ2v) is 8.90. The largest absolute Gasteiger partial charge is 0.494 e. The van der Waals surface area contributed by atoms with Crippen LogP contribution < -0.4 is 10.1 Å². The summed E-state index contributed by atoms with van der Waals surface area (Å²) in [7, 11) is -3.58. The van der Waals surface area contributed by atoms with E-state index in [1.165, 1.54) is 4.31 Å². The number of piperidine rings is 1. The maximum atomic E-state index is 12.8. The van der Waals surface area contributed by atoms with E-state index >= 15 is 0 Å². The standard InChI is InChI=1S/C20H23ClN2O4S/c1-2-27-16-7-9-17(10-8-16)28(25,26)23-13-11-15(12-14-23)20(24)22-19-6-4-3-5-18(19)21/h3-10,15H,2,11-14H2,1H3,(H,22,24). The predicted octanol–water partition coefficient (Wildman–Crippen LogP) is 3.78. The van der Waals surface area contributed by atoms with Gasteiger partial charge in [0.25, 0.3) is 0 Å². The van der Waals surface area contributed by atoms with Crippen molar-refractivity contribution in [1.29, 1.82) is 0 Å². The van der Waals surface area contributed by atoms with E-state index < -0.39 is 10.0 Å². The number of rotatable bonds is 6. The number of anilines is 1. The molecule has 1 saturated heterocycles. The van der Waals surface area contributed by atoms with Crippen molar-refractivity contribution >= 4 is 33.2 Å². The molecule has 2 aromatic carbocycles. The second-order valence-electron chi connectivity index (χ2n) is 6.55. The van der Waals surface area contributed by atoms with Gasteiger partial charge < -0.3 is 10.1 Å². The summed E-state index contributed by atoms with van der Waals surface area (Å²) in [5, 5.41) is 3.31. The third-order valence-corrected chi connectivity index (χ3v) is 6.97. The number of amides is 1. The molecule has 150 valence electrons. The van der Waals surface area contributed by atoms with E-state index in [0.29, 0.717) is 49.0 Å². The van der Waals surface area contributed by atoms with E-state index in [0.717, 1.165) is 0 Å². The van der Waals surface area contributed by atoms with Gasteiger partial charge >= 0.3 is 0 Å². The molecule has 0 unspecified atom stereocenters. The first-order valence-electron chi connectivity index (χ1n) is 9.20. The van der Waals surface area contributed by atoms with E-state index in [2.05, 4.69) is 5.32 Å². The van der Waals surface area contributed by atoms with Crippen LogP contribution in [0.2, 0.25) is 5.02 Å². The minimum Gasteiger partial charge on any atom is -0.494 e. The Balaban J connectivity index is 1.61. The molecule has 28 heavy (non-hydrogen) atoms. The van der Waals surface area contributed by atoms with E-state index in [-0.39, 0.29) is 16.7 Å². The first-order valence-corrected chi connectivity index (χ1v) is 11.0. The molecule has 1 aliphatic rings. The number of para-hydroxylation sites is 1. The van der Waals surface area contributed by atoms with Crippen LogP contribution in [-0.2, 0) is 14.8 Å². The molecule has 6 nitrogen and oxygen atoms in total. The highest BCUT2D eigenvalue weighted by Gasteiger charge is 2.32. The summed E-state index contributed by atoms with van der Waals surface area (Å²) in [5.74, 6) is 0.255. The van der Waals surface area contributed by atoms with Gasteiger partial charge in [0.15, 0.2) is 0 Å². The molecule has 0 atom stereocenters. The third kappa shape index (κ3) is 4.66. The zero-order valence-corrected chi connectivity index (χ0v) is 17.2. The molecular formula is C20H23ClN2O4S. The molecule has 2 aromatic rings. The van der Waals surface area contributed by atoms with Gasteiger partial charge in [-0.05, 0) is 56.2 Å². The molecule has 8 heteroatoms. The van der Waals surface area contributed by atoms with Gasteiger partial charge in [-0.25, -0.2) is 8.42 Å². The summed E-state index contributed by atoms with van der Waals surface area (Å²) in [5.41, 5.74) is 0.568. The van der Waals surface area contributed by atoms with Crippen molar-refractivity contribution in [3.8, 4) is 5.75 Å². The summed E-state index contributed by atoms with van der Waals surface area (Å²) in [6.07, 6.45) is 0.930. The Bertz CT molecular complexity index is 923. The third-order valence-electron chi connectivity index (χ3n) is 4.73. The quantitative estimate of drug-likeness (QED) is 0.768. The molecule has 1 fully saturated rings. The maximum absolute atomic E-state index is 12.8. The number of hydrogen-bond donors (Lipinski definition) is 1. The minimum absolute atomic E-state index is 0.133. The van der Waals surface area contributed by atoms with Crippen molar-refractivity contribution in [3.63, 3.8) is 0 Å². The molecule has 0 aliphatic carbocycles. The van der Waals surface area contributed by atoms with E-state index in [1.54, 1.807) is 48.5 Å². The van der Waals surface area contributed by atoms with Gasteiger partial charge in [-0.3, -0.25) is 4.79 Å². The number of carbonyl (C=O) groups excluding carboxylic acids is 1. The number of nitrogens with zero attached hydrogens (tertiary/aromatic N) is 1. The predicted molar refractivity (Wildman–Crippen MR) is 109 cm³/mol. The number of ether oxygens (including phenoxy) is 1. The first kappa shape index (κ1) is 20.6. The number of benzene rings is 2. The van der Waals surface area contributed by atoms with Gasteiger partial charge in [0.05, 0.1) is 22.2 Å². The average Bonchev–Trinajstić information content (AvgIpc) is 2.70. The summed E-state index contributed by atoms with van der Waals surface area (Å²) in [6.45, 7) is 3.00. The van der Waals surface area contributed by atoms with Crippen LogP contribution in [0, 0.1) is 5.92 Å². The monoisotopic (exact) mass is 422 g/mol. The highest BCUT2D eigenvalue weighted by atomic mass is 35.5. The Morgan fingerprint density at radius 2 is 1.79 bits per heavy atom. The Hall–Kier alpha value is -2.09. The molecule has 1 N–H and O–H groups in total. The highest BCUT2D eigenvalue weighted by molar-refractivity contribution is 7.89. The fourth-order valence-electron chi connectivity index (χ4n) is 3.18. The smallest absolute Gasteiger partial charge is 0.243 e. The van der Waals surface area contributed by atoms with Crippen molar-refractivity contribution in [2.75, 3.05) is 25.0 Å². The SMILES string of the molecule is CCOc1ccc(S(=O)(=O)N2CCC(C(=O)Nc3ccccc3Cl)CC2)cc1. The van der Waals surface area contributed by atoms with Gasteiger partial charge in [0.2, 0.25) is 15.9 Å². The molecule has 1 heterocycles. The molecule has 0 bridgehead atoms. The van der Waals surface area contributed by atoms with Crippen molar-refractivity contribution in [3.05, 3.63) is 53.6 Å².